The van der Waals surface area contributed by atoms with Crippen molar-refractivity contribution in [2.45, 2.75) is 12.8 Å². The fourth-order valence-electron chi connectivity index (χ4n) is 1.11. The van der Waals surface area contributed by atoms with Crippen LogP contribution in [0.15, 0.2) is 5.51 Å². The van der Waals surface area contributed by atoms with Crippen molar-refractivity contribution in [1.82, 2.24) is 10.2 Å². The normalized spacial score (nSPS) is 18.2. The molecule has 0 saturated heterocycles. The number of carboxylic acids is 1. The van der Waals surface area contributed by atoms with Crippen molar-refractivity contribution in [3.8, 4) is 0 Å². The highest BCUT2D eigenvalue weighted by atomic mass is 32.1. The molecule has 0 bridgehead atoms. The zero-order valence-electron chi connectivity index (χ0n) is 6.86. The first-order valence-corrected chi connectivity index (χ1v) is 4.84. The van der Waals surface area contributed by atoms with E-state index in [0.29, 0.717) is 11.7 Å². The van der Waals surface area contributed by atoms with Crippen LogP contribution in [0.25, 0.3) is 0 Å². The molecule has 13 heavy (non-hydrogen) atoms. The molecule has 1 saturated carbocycles. The maximum absolute atomic E-state index is 10.8. The Kier molecular flexibility index (Phi) is 1.91. The average Bonchev–Trinajstić information content (AvgIpc) is 2.73. The predicted molar refractivity (Wildman–Crippen MR) is 47.7 cm³/mol. The smallest absolute Gasteiger partial charge is 0.311 e. The minimum Gasteiger partial charge on any atom is -0.481 e. The van der Waals surface area contributed by atoms with E-state index in [1.54, 1.807) is 5.51 Å². The van der Waals surface area contributed by atoms with E-state index < -0.39 is 11.4 Å². The number of anilines is 1. The van der Waals surface area contributed by atoms with Gasteiger partial charge < -0.3 is 10.4 Å². The topological polar surface area (TPSA) is 75.1 Å². The second kappa shape index (κ2) is 2.95. The van der Waals surface area contributed by atoms with Crippen LogP contribution in [-0.4, -0.2) is 27.8 Å². The van der Waals surface area contributed by atoms with E-state index in [1.807, 2.05) is 0 Å². The van der Waals surface area contributed by atoms with E-state index in [1.165, 1.54) is 11.3 Å². The molecule has 0 radical (unpaired) electrons. The van der Waals surface area contributed by atoms with Gasteiger partial charge in [-0.15, -0.1) is 10.2 Å². The van der Waals surface area contributed by atoms with Crippen molar-refractivity contribution in [2.75, 3.05) is 11.9 Å². The summed E-state index contributed by atoms with van der Waals surface area (Å²) >= 11 is 1.38. The van der Waals surface area contributed by atoms with Crippen molar-refractivity contribution in [2.24, 2.45) is 5.41 Å². The molecule has 0 aliphatic heterocycles. The first kappa shape index (κ1) is 8.43. The van der Waals surface area contributed by atoms with E-state index in [0.717, 1.165) is 12.8 Å². The van der Waals surface area contributed by atoms with E-state index in [4.69, 9.17) is 5.11 Å². The number of nitrogens with one attached hydrogen (secondary N) is 1. The number of carbonyl (C=O) groups is 1. The van der Waals surface area contributed by atoms with Gasteiger partial charge in [0.05, 0.1) is 5.41 Å². The monoisotopic (exact) mass is 199 g/mol. The van der Waals surface area contributed by atoms with Crippen LogP contribution in [-0.2, 0) is 4.79 Å². The van der Waals surface area contributed by atoms with Gasteiger partial charge in [-0.2, -0.15) is 0 Å². The van der Waals surface area contributed by atoms with Gasteiger partial charge in [0.15, 0.2) is 0 Å². The highest BCUT2D eigenvalue weighted by Crippen LogP contribution is 2.45. The van der Waals surface area contributed by atoms with Crippen molar-refractivity contribution in [3.63, 3.8) is 0 Å². The van der Waals surface area contributed by atoms with E-state index in [9.17, 15) is 4.79 Å². The summed E-state index contributed by atoms with van der Waals surface area (Å²) in [4.78, 5) is 10.8. The summed E-state index contributed by atoms with van der Waals surface area (Å²) in [6.07, 6.45) is 1.52. The molecule has 2 rings (SSSR count). The molecule has 5 nitrogen and oxygen atoms in total. The second-order valence-electron chi connectivity index (χ2n) is 3.18. The quantitative estimate of drug-likeness (QED) is 0.750. The van der Waals surface area contributed by atoms with Gasteiger partial charge in [0.25, 0.3) is 0 Å². The Bertz CT molecular complexity index is 308. The summed E-state index contributed by atoms with van der Waals surface area (Å²) in [5, 5.41) is 19.9. The fraction of sp³-hybridized carbons (Fsp3) is 0.571. The molecule has 0 spiro atoms. The maximum atomic E-state index is 10.8. The number of nitrogens with zero attached hydrogens (tertiary/aromatic N) is 2. The summed E-state index contributed by atoms with van der Waals surface area (Å²) in [5.41, 5.74) is 1.08. The van der Waals surface area contributed by atoms with E-state index >= 15 is 0 Å². The molecule has 0 amide bonds. The highest BCUT2D eigenvalue weighted by Gasteiger charge is 2.50. The molecule has 1 aromatic heterocycles. The summed E-state index contributed by atoms with van der Waals surface area (Å²) < 4.78 is 0. The number of hydrogen-bond donors (Lipinski definition) is 2. The maximum Gasteiger partial charge on any atom is 0.311 e. The lowest BCUT2D eigenvalue weighted by atomic mass is 10.1. The molecule has 1 aliphatic rings. The summed E-state index contributed by atoms with van der Waals surface area (Å²) in [7, 11) is 0. The fourth-order valence-corrected chi connectivity index (χ4v) is 1.56. The van der Waals surface area contributed by atoms with Gasteiger partial charge in [-0.05, 0) is 12.8 Å². The average molecular weight is 199 g/mol. The summed E-state index contributed by atoms with van der Waals surface area (Å²) in [6, 6.07) is 0. The number of hydrogen-bond acceptors (Lipinski definition) is 5. The summed E-state index contributed by atoms with van der Waals surface area (Å²) in [5.74, 6) is -0.718. The molecule has 1 aliphatic carbocycles. The Morgan fingerprint density at radius 1 is 1.77 bits per heavy atom. The van der Waals surface area contributed by atoms with Crippen molar-refractivity contribution in [3.05, 3.63) is 5.51 Å². The number of rotatable bonds is 4. The third kappa shape index (κ3) is 1.62. The number of aliphatic carboxylic acids is 1. The first-order valence-electron chi connectivity index (χ1n) is 3.96. The minimum atomic E-state index is -0.718. The van der Waals surface area contributed by atoms with Crippen LogP contribution in [0, 0.1) is 5.41 Å². The highest BCUT2D eigenvalue weighted by molar-refractivity contribution is 7.13. The molecule has 0 aromatic carbocycles. The third-order valence-corrected chi connectivity index (χ3v) is 2.89. The predicted octanol–water partition coefficient (Wildman–Crippen LogP) is 0.815. The van der Waals surface area contributed by atoms with E-state index in [-0.39, 0.29) is 0 Å². The molecule has 1 fully saturated rings. The van der Waals surface area contributed by atoms with Gasteiger partial charge in [0.1, 0.15) is 5.51 Å². The van der Waals surface area contributed by atoms with Crippen LogP contribution >= 0.6 is 11.3 Å². The van der Waals surface area contributed by atoms with Gasteiger partial charge >= 0.3 is 5.97 Å². The van der Waals surface area contributed by atoms with Crippen LogP contribution in [0.5, 0.6) is 0 Å². The van der Waals surface area contributed by atoms with Crippen molar-refractivity contribution < 1.29 is 9.90 Å². The molecule has 0 unspecified atom stereocenters. The summed E-state index contributed by atoms with van der Waals surface area (Å²) in [6.45, 7) is 0.456. The number of carboxylic acid groups (broad SMARTS) is 1. The zero-order valence-corrected chi connectivity index (χ0v) is 7.67. The van der Waals surface area contributed by atoms with Crippen LogP contribution in [0.3, 0.4) is 0 Å². The molecule has 6 heteroatoms. The zero-order chi connectivity index (χ0) is 9.31. The van der Waals surface area contributed by atoms with Crippen LogP contribution < -0.4 is 5.32 Å². The van der Waals surface area contributed by atoms with Gasteiger partial charge in [-0.25, -0.2) is 0 Å². The lowest BCUT2D eigenvalue weighted by Gasteiger charge is -2.08. The van der Waals surface area contributed by atoms with E-state index in [2.05, 4.69) is 15.5 Å². The second-order valence-corrected chi connectivity index (χ2v) is 4.02. The molecular formula is C7H9N3O2S. The Balaban J connectivity index is 1.90. The molecule has 0 atom stereocenters. The third-order valence-electron chi connectivity index (χ3n) is 2.25. The molecule has 2 N–H and O–H groups in total. The van der Waals surface area contributed by atoms with Crippen molar-refractivity contribution in [1.29, 1.82) is 0 Å². The molecule has 1 heterocycles. The van der Waals surface area contributed by atoms with Crippen molar-refractivity contribution >= 4 is 22.4 Å². The Morgan fingerprint density at radius 3 is 3.00 bits per heavy atom. The lowest BCUT2D eigenvalue weighted by molar-refractivity contribution is -0.142. The largest absolute Gasteiger partial charge is 0.481 e. The van der Waals surface area contributed by atoms with Gasteiger partial charge in [0.2, 0.25) is 5.13 Å². The molecule has 1 aromatic rings. The Hall–Kier alpha value is -1.17. The van der Waals surface area contributed by atoms with Gasteiger partial charge in [0, 0.05) is 6.54 Å². The SMILES string of the molecule is O=C(O)C1(CNc2nncs2)CC1. The Morgan fingerprint density at radius 2 is 2.54 bits per heavy atom. The first-order chi connectivity index (χ1) is 6.23. The van der Waals surface area contributed by atoms with Crippen LogP contribution in [0.2, 0.25) is 0 Å². The lowest BCUT2D eigenvalue weighted by Crippen LogP contribution is -2.24. The van der Waals surface area contributed by atoms with Crippen LogP contribution in [0.1, 0.15) is 12.8 Å². The Labute approximate surface area is 78.8 Å². The van der Waals surface area contributed by atoms with Gasteiger partial charge in [-0.1, -0.05) is 11.3 Å². The van der Waals surface area contributed by atoms with Gasteiger partial charge in [-0.3, -0.25) is 4.79 Å². The minimum absolute atomic E-state index is 0.456. The molecular weight excluding hydrogens is 190 g/mol. The van der Waals surface area contributed by atoms with Crippen LogP contribution in [0.4, 0.5) is 5.13 Å². The standard InChI is InChI=1S/C7H9N3O2S/c11-5(12)7(1-2-7)3-8-6-10-9-4-13-6/h4H,1-3H2,(H,8,10)(H,11,12). The number of aromatic nitrogens is 2. The molecule has 70 valence electrons.